The first kappa shape index (κ1) is 9.34. The first-order valence-corrected chi connectivity index (χ1v) is 5.71. The second-order valence-electron chi connectivity index (χ2n) is 3.90. The Hall–Kier alpha value is -0.220. The third-order valence-electron chi connectivity index (χ3n) is 3.27. The third kappa shape index (κ3) is 1.27. The molecule has 2 rings (SSSR count). The molecule has 0 aromatic rings. The van der Waals surface area contributed by atoms with Crippen LogP contribution in [0.3, 0.4) is 0 Å². The van der Waals surface area contributed by atoms with E-state index >= 15 is 0 Å². The molecule has 3 atom stereocenters. The van der Waals surface area contributed by atoms with Crippen LogP contribution in [0.1, 0.15) is 19.3 Å². The number of hydrogen-bond donors (Lipinski definition) is 1. The second kappa shape index (κ2) is 3.17. The van der Waals surface area contributed by atoms with Crippen LogP contribution in [0.5, 0.6) is 0 Å². The minimum absolute atomic E-state index is 0.0741. The molecular formula is C9H15NO2S. The first-order chi connectivity index (χ1) is 6.18. The van der Waals surface area contributed by atoms with Crippen molar-refractivity contribution in [3.63, 3.8) is 0 Å². The Balaban J connectivity index is 2.18. The maximum atomic E-state index is 11.4. The van der Waals surface area contributed by atoms with E-state index in [1.165, 1.54) is 7.11 Å². The van der Waals surface area contributed by atoms with Crippen molar-refractivity contribution in [3.8, 4) is 0 Å². The molecule has 3 nitrogen and oxygen atoms in total. The molecule has 0 spiro atoms. The second-order valence-corrected chi connectivity index (χ2v) is 5.14. The summed E-state index contributed by atoms with van der Waals surface area (Å²) in [6.07, 6.45) is 3.29. The van der Waals surface area contributed by atoms with Gasteiger partial charge in [0.25, 0.3) is 0 Å². The van der Waals surface area contributed by atoms with Crippen LogP contribution in [0.15, 0.2) is 0 Å². The van der Waals surface area contributed by atoms with Gasteiger partial charge in [0.2, 0.25) is 0 Å². The lowest BCUT2D eigenvalue weighted by molar-refractivity contribution is -0.146. The fraction of sp³-hybridized carbons (Fsp3) is 0.889. The average molecular weight is 201 g/mol. The van der Waals surface area contributed by atoms with Crippen molar-refractivity contribution in [2.24, 2.45) is 11.7 Å². The van der Waals surface area contributed by atoms with E-state index in [1.807, 2.05) is 11.8 Å². The van der Waals surface area contributed by atoms with Gasteiger partial charge in [-0.3, -0.25) is 4.79 Å². The SMILES string of the molecule is COC(=O)C1CSC2CCCC21N. The van der Waals surface area contributed by atoms with Gasteiger partial charge in [0.1, 0.15) is 0 Å². The summed E-state index contributed by atoms with van der Waals surface area (Å²) in [7, 11) is 1.44. The van der Waals surface area contributed by atoms with Gasteiger partial charge in [-0.25, -0.2) is 0 Å². The molecule has 1 saturated carbocycles. The van der Waals surface area contributed by atoms with Gasteiger partial charge in [-0.05, 0) is 12.8 Å². The fourth-order valence-electron chi connectivity index (χ4n) is 2.46. The molecule has 2 aliphatic rings. The van der Waals surface area contributed by atoms with Gasteiger partial charge < -0.3 is 10.5 Å². The van der Waals surface area contributed by atoms with Crippen LogP contribution in [0, 0.1) is 5.92 Å². The van der Waals surface area contributed by atoms with Crippen LogP contribution in [-0.4, -0.2) is 29.6 Å². The van der Waals surface area contributed by atoms with Gasteiger partial charge >= 0.3 is 5.97 Å². The zero-order valence-electron chi connectivity index (χ0n) is 7.79. The van der Waals surface area contributed by atoms with Crippen molar-refractivity contribution in [2.45, 2.75) is 30.1 Å². The molecule has 2 N–H and O–H groups in total. The van der Waals surface area contributed by atoms with Crippen molar-refractivity contribution in [1.82, 2.24) is 0 Å². The summed E-state index contributed by atoms with van der Waals surface area (Å²) in [5, 5.41) is 0.483. The van der Waals surface area contributed by atoms with E-state index in [4.69, 9.17) is 10.5 Å². The Bertz CT molecular complexity index is 234. The highest BCUT2D eigenvalue weighted by Gasteiger charge is 2.54. The van der Waals surface area contributed by atoms with Crippen LogP contribution in [-0.2, 0) is 9.53 Å². The van der Waals surface area contributed by atoms with E-state index in [0.29, 0.717) is 5.25 Å². The maximum absolute atomic E-state index is 11.4. The first-order valence-electron chi connectivity index (χ1n) is 4.67. The molecule has 1 aliphatic heterocycles. The molecule has 1 saturated heterocycles. The van der Waals surface area contributed by atoms with Crippen LogP contribution in [0.4, 0.5) is 0 Å². The number of rotatable bonds is 1. The lowest BCUT2D eigenvalue weighted by Crippen LogP contribution is -2.51. The molecule has 74 valence electrons. The van der Waals surface area contributed by atoms with Crippen LogP contribution in [0.25, 0.3) is 0 Å². The van der Waals surface area contributed by atoms with Gasteiger partial charge in [0, 0.05) is 16.5 Å². The maximum Gasteiger partial charge on any atom is 0.311 e. The van der Waals surface area contributed by atoms with Crippen molar-refractivity contribution >= 4 is 17.7 Å². The Morgan fingerprint density at radius 2 is 2.46 bits per heavy atom. The largest absolute Gasteiger partial charge is 0.469 e. The van der Waals surface area contributed by atoms with E-state index in [-0.39, 0.29) is 17.4 Å². The van der Waals surface area contributed by atoms with Gasteiger partial charge in [-0.1, -0.05) is 6.42 Å². The van der Waals surface area contributed by atoms with Gasteiger partial charge in [0.05, 0.1) is 13.0 Å². The predicted molar refractivity (Wildman–Crippen MR) is 52.5 cm³/mol. The normalized spacial score (nSPS) is 43.2. The minimum Gasteiger partial charge on any atom is -0.469 e. The molecule has 1 aliphatic carbocycles. The quantitative estimate of drug-likeness (QED) is 0.637. The summed E-state index contributed by atoms with van der Waals surface area (Å²) >= 11 is 1.84. The highest BCUT2D eigenvalue weighted by molar-refractivity contribution is 8.00. The molecule has 0 amide bonds. The average Bonchev–Trinajstić information content (AvgIpc) is 2.59. The number of carbonyl (C=O) groups excluding carboxylic acids is 1. The van der Waals surface area contributed by atoms with E-state index in [0.717, 1.165) is 25.0 Å². The Morgan fingerprint density at radius 3 is 3.15 bits per heavy atom. The van der Waals surface area contributed by atoms with E-state index < -0.39 is 0 Å². The zero-order chi connectivity index (χ0) is 9.47. The van der Waals surface area contributed by atoms with Crippen molar-refractivity contribution in [3.05, 3.63) is 0 Å². The highest BCUT2D eigenvalue weighted by Crippen LogP contribution is 2.48. The molecule has 4 heteroatoms. The number of hydrogen-bond acceptors (Lipinski definition) is 4. The lowest BCUT2D eigenvalue weighted by atomic mass is 9.84. The molecule has 0 bridgehead atoms. The topological polar surface area (TPSA) is 52.3 Å². The fourth-order valence-corrected chi connectivity index (χ4v) is 4.25. The summed E-state index contributed by atoms with van der Waals surface area (Å²) < 4.78 is 4.78. The summed E-state index contributed by atoms with van der Waals surface area (Å²) in [5.41, 5.74) is 6.00. The number of thioether (sulfide) groups is 1. The van der Waals surface area contributed by atoms with E-state index in [2.05, 4.69) is 0 Å². The van der Waals surface area contributed by atoms with Crippen LogP contribution >= 0.6 is 11.8 Å². The highest BCUT2D eigenvalue weighted by atomic mass is 32.2. The summed E-state index contributed by atoms with van der Waals surface area (Å²) in [6, 6.07) is 0. The number of esters is 1. The Labute approximate surface area is 82.4 Å². The standard InChI is InChI=1S/C9H15NO2S/c1-12-8(11)6-5-13-7-3-2-4-9(6,7)10/h6-7H,2-5,10H2,1H3. The molecule has 2 fully saturated rings. The van der Waals surface area contributed by atoms with Crippen LogP contribution in [0.2, 0.25) is 0 Å². The zero-order valence-corrected chi connectivity index (χ0v) is 8.60. The smallest absolute Gasteiger partial charge is 0.311 e. The summed E-state index contributed by atoms with van der Waals surface area (Å²) in [4.78, 5) is 11.4. The molecule has 0 aromatic heterocycles. The van der Waals surface area contributed by atoms with E-state index in [1.54, 1.807) is 0 Å². The molecular weight excluding hydrogens is 186 g/mol. The number of ether oxygens (including phenoxy) is 1. The summed E-state index contributed by atoms with van der Waals surface area (Å²) in [6.45, 7) is 0. The Morgan fingerprint density at radius 1 is 1.69 bits per heavy atom. The van der Waals surface area contributed by atoms with Crippen LogP contribution < -0.4 is 5.73 Å². The molecule has 3 unspecified atom stereocenters. The number of methoxy groups -OCH3 is 1. The van der Waals surface area contributed by atoms with Crippen molar-refractivity contribution in [1.29, 1.82) is 0 Å². The minimum atomic E-state index is -0.266. The summed E-state index contributed by atoms with van der Waals surface area (Å²) in [5.74, 6) is 0.641. The Kier molecular flexibility index (Phi) is 2.28. The van der Waals surface area contributed by atoms with E-state index in [9.17, 15) is 4.79 Å². The third-order valence-corrected chi connectivity index (χ3v) is 4.88. The van der Waals surface area contributed by atoms with Gasteiger partial charge in [-0.2, -0.15) is 11.8 Å². The number of nitrogens with two attached hydrogens (primary N) is 1. The van der Waals surface area contributed by atoms with Crippen molar-refractivity contribution < 1.29 is 9.53 Å². The molecule has 1 heterocycles. The lowest BCUT2D eigenvalue weighted by Gasteiger charge is -2.28. The van der Waals surface area contributed by atoms with Gasteiger partial charge in [0.15, 0.2) is 0 Å². The molecule has 13 heavy (non-hydrogen) atoms. The molecule has 0 radical (unpaired) electrons. The van der Waals surface area contributed by atoms with Crippen molar-refractivity contribution in [2.75, 3.05) is 12.9 Å². The number of carbonyl (C=O) groups is 1. The predicted octanol–water partition coefficient (Wildman–Crippen LogP) is 0.772. The monoisotopic (exact) mass is 201 g/mol. The number of fused-ring (bicyclic) bond motifs is 1. The van der Waals surface area contributed by atoms with Gasteiger partial charge in [-0.15, -0.1) is 0 Å². The molecule has 0 aromatic carbocycles.